The van der Waals surface area contributed by atoms with Crippen LogP contribution in [0, 0.1) is 0 Å². The molecule has 1 amide bonds. The first-order chi connectivity index (χ1) is 6.79. The first kappa shape index (κ1) is 9.93. The lowest BCUT2D eigenvalue weighted by Gasteiger charge is -2.23. The van der Waals surface area contributed by atoms with Crippen LogP contribution in [-0.4, -0.2) is 49.7 Å². The Morgan fingerprint density at radius 2 is 2.29 bits per heavy atom. The number of methoxy groups -OCH3 is 1. The Hall–Kier alpha value is -0.610. The smallest absolute Gasteiger partial charge is 0.224 e. The fourth-order valence-electron chi connectivity index (χ4n) is 2.33. The van der Waals surface area contributed by atoms with Crippen molar-refractivity contribution in [2.75, 3.05) is 26.8 Å². The van der Waals surface area contributed by atoms with Crippen LogP contribution in [0.25, 0.3) is 0 Å². The molecule has 4 nitrogen and oxygen atoms in total. The van der Waals surface area contributed by atoms with Crippen LogP contribution in [0.1, 0.15) is 19.3 Å². The molecular weight excluding hydrogens is 180 g/mol. The number of carbonyl (C=O) groups excluding carboxylic acids is 1. The monoisotopic (exact) mass is 198 g/mol. The van der Waals surface area contributed by atoms with Gasteiger partial charge in [-0.3, -0.25) is 4.79 Å². The molecule has 2 unspecified atom stereocenters. The van der Waals surface area contributed by atoms with Crippen molar-refractivity contribution in [1.29, 1.82) is 0 Å². The highest BCUT2D eigenvalue weighted by Crippen LogP contribution is 2.20. The van der Waals surface area contributed by atoms with E-state index in [1.165, 1.54) is 6.42 Å². The van der Waals surface area contributed by atoms with E-state index < -0.39 is 0 Å². The van der Waals surface area contributed by atoms with Crippen LogP contribution in [0.4, 0.5) is 0 Å². The molecule has 0 spiro atoms. The molecule has 2 aliphatic rings. The average Bonchev–Trinajstić information content (AvgIpc) is 2.52. The number of rotatable bonds is 3. The quantitative estimate of drug-likeness (QED) is 0.693. The molecule has 2 bridgehead atoms. The van der Waals surface area contributed by atoms with Gasteiger partial charge >= 0.3 is 0 Å². The average molecular weight is 198 g/mol. The zero-order chi connectivity index (χ0) is 9.97. The van der Waals surface area contributed by atoms with Gasteiger partial charge in [0.05, 0.1) is 6.61 Å². The second kappa shape index (κ2) is 4.28. The highest BCUT2D eigenvalue weighted by atomic mass is 16.5. The third kappa shape index (κ3) is 2.07. The van der Waals surface area contributed by atoms with E-state index in [9.17, 15) is 4.79 Å². The SMILES string of the molecule is COCCN1CC2CCC(CC1=O)N2. The summed E-state index contributed by atoms with van der Waals surface area (Å²) in [5.74, 6) is 0.279. The fraction of sp³-hybridized carbons (Fsp3) is 0.900. The van der Waals surface area contributed by atoms with Gasteiger partial charge in [-0.05, 0) is 12.8 Å². The Morgan fingerprint density at radius 3 is 3.07 bits per heavy atom. The number of nitrogens with zero attached hydrogens (tertiary/aromatic N) is 1. The van der Waals surface area contributed by atoms with Crippen molar-refractivity contribution in [1.82, 2.24) is 10.2 Å². The number of hydrogen-bond acceptors (Lipinski definition) is 3. The lowest BCUT2D eigenvalue weighted by molar-refractivity contribution is -0.131. The molecule has 80 valence electrons. The summed E-state index contributed by atoms with van der Waals surface area (Å²) < 4.78 is 5.00. The van der Waals surface area contributed by atoms with Gasteiger partial charge in [-0.25, -0.2) is 0 Å². The van der Waals surface area contributed by atoms with Crippen LogP contribution in [0.5, 0.6) is 0 Å². The van der Waals surface area contributed by atoms with Crippen molar-refractivity contribution in [3.8, 4) is 0 Å². The predicted molar refractivity (Wildman–Crippen MR) is 53.0 cm³/mol. The molecule has 2 atom stereocenters. The standard InChI is InChI=1S/C10H18N2O2/c1-14-5-4-12-7-9-3-2-8(11-9)6-10(12)13/h8-9,11H,2-7H2,1H3. The highest BCUT2D eigenvalue weighted by Gasteiger charge is 2.32. The van der Waals surface area contributed by atoms with Crippen molar-refractivity contribution in [3.63, 3.8) is 0 Å². The van der Waals surface area contributed by atoms with E-state index >= 15 is 0 Å². The van der Waals surface area contributed by atoms with E-state index in [4.69, 9.17) is 4.74 Å². The summed E-state index contributed by atoms with van der Waals surface area (Å²) in [5, 5.41) is 3.49. The maximum Gasteiger partial charge on any atom is 0.224 e. The van der Waals surface area contributed by atoms with Crippen molar-refractivity contribution in [2.45, 2.75) is 31.3 Å². The van der Waals surface area contributed by atoms with Gasteiger partial charge in [0.25, 0.3) is 0 Å². The Morgan fingerprint density at radius 1 is 1.50 bits per heavy atom. The molecule has 2 fully saturated rings. The van der Waals surface area contributed by atoms with Gasteiger partial charge in [0.15, 0.2) is 0 Å². The molecule has 2 saturated heterocycles. The van der Waals surface area contributed by atoms with Gasteiger partial charge in [0.2, 0.25) is 5.91 Å². The van der Waals surface area contributed by atoms with Gasteiger partial charge in [-0.15, -0.1) is 0 Å². The van der Waals surface area contributed by atoms with Gasteiger partial charge in [-0.1, -0.05) is 0 Å². The third-order valence-electron chi connectivity index (χ3n) is 3.11. The zero-order valence-corrected chi connectivity index (χ0v) is 8.66. The van der Waals surface area contributed by atoms with Crippen LogP contribution >= 0.6 is 0 Å². The maximum atomic E-state index is 11.7. The summed E-state index contributed by atoms with van der Waals surface area (Å²) in [6.07, 6.45) is 3.04. The van der Waals surface area contributed by atoms with Gasteiger partial charge < -0.3 is 15.0 Å². The van der Waals surface area contributed by atoms with E-state index in [-0.39, 0.29) is 5.91 Å². The topological polar surface area (TPSA) is 41.6 Å². The first-order valence-electron chi connectivity index (χ1n) is 5.32. The number of carbonyl (C=O) groups is 1. The van der Waals surface area contributed by atoms with Crippen molar-refractivity contribution >= 4 is 5.91 Å². The summed E-state index contributed by atoms with van der Waals surface area (Å²) >= 11 is 0. The molecule has 2 rings (SSSR count). The number of likely N-dealkylation sites (tertiary alicyclic amines) is 1. The molecule has 14 heavy (non-hydrogen) atoms. The van der Waals surface area contributed by atoms with Gasteiger partial charge in [0.1, 0.15) is 0 Å². The highest BCUT2D eigenvalue weighted by molar-refractivity contribution is 5.77. The van der Waals surface area contributed by atoms with Crippen LogP contribution in [0.15, 0.2) is 0 Å². The molecule has 0 radical (unpaired) electrons. The van der Waals surface area contributed by atoms with E-state index in [1.807, 2.05) is 4.90 Å². The second-order valence-electron chi connectivity index (χ2n) is 4.17. The Labute approximate surface area is 84.6 Å². The minimum Gasteiger partial charge on any atom is -0.383 e. The second-order valence-corrected chi connectivity index (χ2v) is 4.17. The maximum absolute atomic E-state index is 11.7. The van der Waals surface area contributed by atoms with Crippen LogP contribution in [0.2, 0.25) is 0 Å². The normalized spacial score (nSPS) is 32.1. The minimum absolute atomic E-state index is 0.279. The van der Waals surface area contributed by atoms with Gasteiger partial charge in [-0.2, -0.15) is 0 Å². The Bertz CT molecular complexity index is 220. The Balaban J connectivity index is 1.93. The van der Waals surface area contributed by atoms with Crippen molar-refractivity contribution in [2.24, 2.45) is 0 Å². The predicted octanol–water partition coefficient (Wildman–Crippen LogP) is -0.0143. The van der Waals surface area contributed by atoms with E-state index in [0.717, 1.165) is 19.5 Å². The van der Waals surface area contributed by atoms with Crippen molar-refractivity contribution < 1.29 is 9.53 Å². The summed E-state index contributed by atoms with van der Waals surface area (Å²) in [7, 11) is 1.67. The summed E-state index contributed by atoms with van der Waals surface area (Å²) in [6, 6.07) is 0.948. The summed E-state index contributed by atoms with van der Waals surface area (Å²) in [6.45, 7) is 2.24. The third-order valence-corrected chi connectivity index (χ3v) is 3.11. The molecule has 2 heterocycles. The number of amides is 1. The van der Waals surface area contributed by atoms with Crippen LogP contribution < -0.4 is 5.32 Å². The minimum atomic E-state index is 0.279. The first-order valence-corrected chi connectivity index (χ1v) is 5.32. The van der Waals surface area contributed by atoms with Crippen molar-refractivity contribution in [3.05, 3.63) is 0 Å². The summed E-state index contributed by atoms with van der Waals surface area (Å²) in [4.78, 5) is 13.7. The number of hydrogen-bond donors (Lipinski definition) is 1. The van der Waals surface area contributed by atoms with Crippen LogP contribution in [0.3, 0.4) is 0 Å². The summed E-state index contributed by atoms with van der Waals surface area (Å²) in [5.41, 5.74) is 0. The lowest BCUT2D eigenvalue weighted by atomic mass is 10.1. The zero-order valence-electron chi connectivity index (χ0n) is 8.66. The molecule has 0 aromatic heterocycles. The molecule has 2 aliphatic heterocycles. The van der Waals surface area contributed by atoms with E-state index in [0.29, 0.717) is 25.1 Å². The molecule has 0 aromatic carbocycles. The lowest BCUT2D eigenvalue weighted by Crippen LogP contribution is -2.39. The molecular formula is C10H18N2O2. The number of nitrogens with one attached hydrogen (secondary N) is 1. The van der Waals surface area contributed by atoms with Crippen LogP contribution in [-0.2, 0) is 9.53 Å². The molecule has 1 N–H and O–H groups in total. The van der Waals surface area contributed by atoms with E-state index in [2.05, 4.69) is 5.32 Å². The number of ether oxygens (including phenoxy) is 1. The van der Waals surface area contributed by atoms with E-state index in [1.54, 1.807) is 7.11 Å². The largest absolute Gasteiger partial charge is 0.383 e. The molecule has 0 aliphatic carbocycles. The molecule has 0 aromatic rings. The molecule has 0 saturated carbocycles. The Kier molecular flexibility index (Phi) is 3.03. The fourth-order valence-corrected chi connectivity index (χ4v) is 2.33. The number of fused-ring (bicyclic) bond motifs is 2. The van der Waals surface area contributed by atoms with Gasteiger partial charge in [0, 0.05) is 38.7 Å². The molecule has 4 heteroatoms.